The Morgan fingerprint density at radius 1 is 1.00 bits per heavy atom. The molecular weight excluding hydrogens is 368 g/mol. The highest BCUT2D eigenvalue weighted by Crippen LogP contribution is 2.08. The topological polar surface area (TPSA) is 95.5 Å². The quantitative estimate of drug-likeness (QED) is 0.545. The van der Waals surface area contributed by atoms with E-state index in [9.17, 15) is 4.79 Å². The highest BCUT2D eigenvalue weighted by molar-refractivity contribution is 6.01. The fourth-order valence-electron chi connectivity index (χ4n) is 2.99. The van der Waals surface area contributed by atoms with E-state index in [2.05, 4.69) is 37.7 Å². The summed E-state index contributed by atoms with van der Waals surface area (Å²) in [6, 6.07) is 11.9. The minimum atomic E-state index is -0.356. The highest BCUT2D eigenvalue weighted by atomic mass is 16.2. The van der Waals surface area contributed by atoms with Crippen molar-refractivity contribution in [3.8, 4) is 0 Å². The Balaban J connectivity index is 1.38. The van der Waals surface area contributed by atoms with Crippen LogP contribution in [0.2, 0.25) is 0 Å². The first-order valence-corrected chi connectivity index (χ1v) is 9.27. The van der Waals surface area contributed by atoms with Crippen molar-refractivity contribution in [2.24, 2.45) is 0 Å². The molecular formula is C20H22N8O. The number of carbonyl (C=O) groups is 1. The monoisotopic (exact) mass is 390 g/mol. The maximum absolute atomic E-state index is 12.5. The summed E-state index contributed by atoms with van der Waals surface area (Å²) in [6.45, 7) is 6.99. The first-order valence-electron chi connectivity index (χ1n) is 9.27. The van der Waals surface area contributed by atoms with Crippen molar-refractivity contribution in [3.63, 3.8) is 0 Å². The molecule has 9 nitrogen and oxygen atoms in total. The molecule has 3 aromatic heterocycles. The van der Waals surface area contributed by atoms with Gasteiger partial charge in [-0.25, -0.2) is 14.3 Å². The minimum Gasteiger partial charge on any atom is -0.288 e. The SMILES string of the molecule is Cc1ccc(Cn2cnc(NC(=O)c3ccn(Cn4nc(C)cc4C)n3)n2)cc1. The number of nitrogens with zero attached hydrogens (tertiary/aromatic N) is 7. The van der Waals surface area contributed by atoms with Gasteiger partial charge in [-0.05, 0) is 38.5 Å². The zero-order valence-electron chi connectivity index (χ0n) is 16.6. The zero-order chi connectivity index (χ0) is 20.4. The first-order chi connectivity index (χ1) is 14.0. The molecule has 4 aromatic rings. The zero-order valence-corrected chi connectivity index (χ0v) is 16.6. The van der Waals surface area contributed by atoms with E-state index in [0.717, 1.165) is 17.0 Å². The highest BCUT2D eigenvalue weighted by Gasteiger charge is 2.13. The smallest absolute Gasteiger partial charge is 0.278 e. The van der Waals surface area contributed by atoms with Gasteiger partial charge in [-0.2, -0.15) is 10.2 Å². The van der Waals surface area contributed by atoms with Crippen molar-refractivity contribution >= 4 is 11.9 Å². The molecule has 0 aliphatic heterocycles. The molecule has 148 valence electrons. The molecule has 0 aliphatic rings. The molecule has 0 unspecified atom stereocenters. The summed E-state index contributed by atoms with van der Waals surface area (Å²) < 4.78 is 5.18. The Kier molecular flexibility index (Phi) is 4.94. The number of hydrogen-bond acceptors (Lipinski definition) is 5. The van der Waals surface area contributed by atoms with Crippen LogP contribution in [-0.4, -0.2) is 40.2 Å². The van der Waals surface area contributed by atoms with E-state index in [4.69, 9.17) is 0 Å². The third-order valence-corrected chi connectivity index (χ3v) is 4.48. The van der Waals surface area contributed by atoms with Crippen molar-refractivity contribution in [1.29, 1.82) is 0 Å². The number of hydrogen-bond donors (Lipinski definition) is 1. The fourth-order valence-corrected chi connectivity index (χ4v) is 2.99. The van der Waals surface area contributed by atoms with Gasteiger partial charge >= 0.3 is 0 Å². The summed E-state index contributed by atoms with van der Waals surface area (Å²) in [5, 5.41) is 15.7. The normalized spacial score (nSPS) is 11.0. The Hall–Kier alpha value is -3.75. The molecule has 0 aliphatic carbocycles. The van der Waals surface area contributed by atoms with Crippen molar-refractivity contribution in [1.82, 2.24) is 34.3 Å². The molecule has 9 heteroatoms. The molecule has 1 amide bonds. The van der Waals surface area contributed by atoms with E-state index < -0.39 is 0 Å². The van der Waals surface area contributed by atoms with E-state index in [1.54, 1.807) is 28.0 Å². The number of anilines is 1. The maximum Gasteiger partial charge on any atom is 0.278 e. The van der Waals surface area contributed by atoms with Crippen LogP contribution in [0.15, 0.2) is 48.9 Å². The van der Waals surface area contributed by atoms with Crippen LogP contribution in [0.1, 0.15) is 33.0 Å². The largest absolute Gasteiger partial charge is 0.288 e. The molecule has 0 radical (unpaired) electrons. The Morgan fingerprint density at radius 3 is 2.52 bits per heavy atom. The molecule has 0 saturated heterocycles. The number of benzene rings is 1. The number of rotatable bonds is 6. The molecule has 0 bridgehead atoms. The van der Waals surface area contributed by atoms with Crippen molar-refractivity contribution in [2.45, 2.75) is 34.0 Å². The van der Waals surface area contributed by atoms with Crippen molar-refractivity contribution < 1.29 is 4.79 Å². The average molecular weight is 390 g/mol. The standard InChI is InChI=1S/C20H22N8O/c1-14-4-6-17(7-5-14)11-27-12-21-20(25-27)22-19(29)18-8-9-26(24-18)13-28-16(3)10-15(2)23-28/h4-10,12H,11,13H2,1-3H3,(H,22,25,29). The van der Waals surface area contributed by atoms with E-state index in [0.29, 0.717) is 18.9 Å². The second-order valence-corrected chi connectivity index (χ2v) is 7.01. The predicted octanol–water partition coefficient (Wildman–Crippen LogP) is 2.40. The van der Waals surface area contributed by atoms with E-state index in [1.807, 2.05) is 43.7 Å². The van der Waals surface area contributed by atoms with Crippen molar-refractivity contribution in [3.05, 3.63) is 77.1 Å². The van der Waals surface area contributed by atoms with Gasteiger partial charge in [0, 0.05) is 11.9 Å². The Labute approximate surface area is 168 Å². The van der Waals surface area contributed by atoms with Gasteiger partial charge in [-0.3, -0.25) is 14.8 Å². The van der Waals surface area contributed by atoms with E-state index >= 15 is 0 Å². The molecule has 29 heavy (non-hydrogen) atoms. The first kappa shape index (κ1) is 18.6. The van der Waals surface area contributed by atoms with E-state index in [-0.39, 0.29) is 11.9 Å². The van der Waals surface area contributed by atoms with Crippen LogP contribution in [0.3, 0.4) is 0 Å². The second-order valence-electron chi connectivity index (χ2n) is 7.01. The summed E-state index contributed by atoms with van der Waals surface area (Å²) in [5.74, 6) is -0.111. The Morgan fingerprint density at radius 2 is 1.79 bits per heavy atom. The van der Waals surface area contributed by atoms with Crippen LogP contribution < -0.4 is 5.32 Å². The van der Waals surface area contributed by atoms with Gasteiger partial charge in [0.2, 0.25) is 5.95 Å². The molecule has 1 N–H and O–H groups in total. The third kappa shape index (κ3) is 4.40. The molecule has 0 saturated carbocycles. The maximum atomic E-state index is 12.5. The number of aromatic nitrogens is 7. The summed E-state index contributed by atoms with van der Waals surface area (Å²) in [7, 11) is 0. The molecule has 4 rings (SSSR count). The van der Waals surface area contributed by atoms with Crippen LogP contribution in [0, 0.1) is 20.8 Å². The third-order valence-electron chi connectivity index (χ3n) is 4.48. The number of amides is 1. The lowest BCUT2D eigenvalue weighted by Gasteiger charge is -2.04. The molecule has 0 atom stereocenters. The molecule has 3 heterocycles. The Bertz CT molecular complexity index is 1140. The fraction of sp³-hybridized carbons (Fsp3) is 0.250. The second kappa shape index (κ2) is 7.70. The summed E-state index contributed by atoms with van der Waals surface area (Å²) in [4.78, 5) is 16.6. The number of carbonyl (C=O) groups excluding carboxylic acids is 1. The molecule has 0 fully saturated rings. The summed E-state index contributed by atoms with van der Waals surface area (Å²) in [6.07, 6.45) is 3.34. The van der Waals surface area contributed by atoms with Crippen molar-refractivity contribution in [2.75, 3.05) is 5.32 Å². The van der Waals surface area contributed by atoms with Gasteiger partial charge in [0.1, 0.15) is 13.0 Å². The van der Waals surface area contributed by atoms with Gasteiger partial charge < -0.3 is 0 Å². The number of nitrogens with one attached hydrogen (secondary N) is 1. The lowest BCUT2D eigenvalue weighted by Crippen LogP contribution is -2.16. The lowest BCUT2D eigenvalue weighted by molar-refractivity contribution is 0.102. The van der Waals surface area contributed by atoms with Crippen LogP contribution in [0.25, 0.3) is 0 Å². The number of aryl methyl sites for hydroxylation is 3. The lowest BCUT2D eigenvalue weighted by atomic mass is 10.1. The minimum absolute atomic E-state index is 0.246. The van der Waals surface area contributed by atoms with Gasteiger partial charge in [-0.15, -0.1) is 5.10 Å². The molecule has 0 spiro atoms. The van der Waals surface area contributed by atoms with Gasteiger partial charge in [-0.1, -0.05) is 29.8 Å². The van der Waals surface area contributed by atoms with E-state index in [1.165, 1.54) is 5.56 Å². The van der Waals surface area contributed by atoms with Gasteiger partial charge in [0.15, 0.2) is 5.69 Å². The van der Waals surface area contributed by atoms with Crippen LogP contribution in [0.4, 0.5) is 5.95 Å². The van der Waals surface area contributed by atoms with Crippen LogP contribution in [0.5, 0.6) is 0 Å². The van der Waals surface area contributed by atoms with Gasteiger partial charge in [0.05, 0.1) is 12.2 Å². The van der Waals surface area contributed by atoms with Crippen LogP contribution >= 0.6 is 0 Å². The van der Waals surface area contributed by atoms with Gasteiger partial charge in [0.25, 0.3) is 5.91 Å². The summed E-state index contributed by atoms with van der Waals surface area (Å²) in [5.41, 5.74) is 4.59. The van der Waals surface area contributed by atoms with Crippen LogP contribution in [-0.2, 0) is 13.2 Å². The average Bonchev–Trinajstić information content (AvgIpc) is 3.39. The molecule has 1 aromatic carbocycles. The summed E-state index contributed by atoms with van der Waals surface area (Å²) >= 11 is 0. The predicted molar refractivity (Wildman–Crippen MR) is 108 cm³/mol.